The van der Waals surface area contributed by atoms with Crippen LogP contribution in [0.2, 0.25) is 0 Å². The fourth-order valence-electron chi connectivity index (χ4n) is 15.1. The van der Waals surface area contributed by atoms with Gasteiger partial charge in [-0.1, -0.05) is 51.5 Å². The second kappa shape index (κ2) is 16.2. The molecule has 10 bridgehead atoms. The van der Waals surface area contributed by atoms with E-state index in [1.165, 1.54) is 6.42 Å². The minimum Gasteiger partial charge on any atom is -0.458 e. The predicted molar refractivity (Wildman–Crippen MR) is 231 cm³/mol. The van der Waals surface area contributed by atoms with Gasteiger partial charge in [-0.3, -0.25) is 19.2 Å². The van der Waals surface area contributed by atoms with E-state index in [-0.39, 0.29) is 93.0 Å². The Labute approximate surface area is 358 Å². The van der Waals surface area contributed by atoms with Crippen LogP contribution in [0.5, 0.6) is 0 Å². The van der Waals surface area contributed by atoms with E-state index >= 15 is 4.79 Å². The van der Waals surface area contributed by atoms with Crippen molar-refractivity contribution in [2.24, 2.45) is 63.6 Å². The number of carbonyl (C=O) groups is 4. The molecule has 342 valence electrons. The largest absolute Gasteiger partial charge is 0.458 e. The van der Waals surface area contributed by atoms with Gasteiger partial charge in [-0.15, -0.1) is 0 Å². The lowest BCUT2D eigenvalue weighted by Gasteiger charge is -2.62. The second-order valence-electron chi connectivity index (χ2n) is 21.9. The summed E-state index contributed by atoms with van der Waals surface area (Å²) in [6, 6.07) is 0. The third-order valence-corrected chi connectivity index (χ3v) is 16.9. The molecule has 2 N–H and O–H groups in total. The normalized spacial score (nSPS) is 44.0. The minimum absolute atomic E-state index is 0. The van der Waals surface area contributed by atoms with Crippen molar-refractivity contribution < 1.29 is 48.3 Å². The first kappa shape index (κ1) is 51.2. The van der Waals surface area contributed by atoms with Crippen LogP contribution in [0.4, 0.5) is 0 Å². The molecule has 9 unspecified atom stereocenters. The summed E-state index contributed by atoms with van der Waals surface area (Å²) in [7, 11) is 0. The summed E-state index contributed by atoms with van der Waals surface area (Å²) in [6.07, 6.45) is 9.55. The molecule has 1 saturated heterocycles. The van der Waals surface area contributed by atoms with Crippen molar-refractivity contribution in [2.45, 2.75) is 223 Å². The minimum atomic E-state index is -1.26. The van der Waals surface area contributed by atoms with E-state index in [4.69, 9.17) is 18.9 Å². The maximum Gasteiger partial charge on any atom is 0.312 e. The zero-order valence-corrected chi connectivity index (χ0v) is 32.7. The molecule has 10 aliphatic carbocycles. The fourth-order valence-corrected chi connectivity index (χ4v) is 15.1. The van der Waals surface area contributed by atoms with Crippen molar-refractivity contribution >= 4 is 23.9 Å². The van der Waals surface area contributed by atoms with Gasteiger partial charge in [-0.2, -0.15) is 0 Å². The van der Waals surface area contributed by atoms with Crippen LogP contribution < -0.4 is 0 Å². The number of esters is 4. The average Bonchev–Trinajstić information content (AvgIpc) is 3.66. The first-order valence-electron chi connectivity index (χ1n) is 21.0. The highest BCUT2D eigenvalue weighted by atomic mass is 16.6. The third kappa shape index (κ3) is 8.03. The zero-order chi connectivity index (χ0) is 37.7. The number of hydrogen-bond donors (Lipinski definition) is 2. The summed E-state index contributed by atoms with van der Waals surface area (Å²) in [5.74, 6) is 0.748. The molecular formula is C49H86O10. The summed E-state index contributed by atoms with van der Waals surface area (Å²) < 4.78 is 25.2. The van der Waals surface area contributed by atoms with E-state index < -0.39 is 62.8 Å². The van der Waals surface area contributed by atoms with E-state index in [2.05, 4.69) is 6.92 Å². The number of carbonyl (C=O) groups excluding carboxylic acids is 4. The smallest absolute Gasteiger partial charge is 0.312 e. The molecule has 11 rings (SSSR count). The lowest BCUT2D eigenvalue weighted by molar-refractivity contribution is -0.264. The number of ether oxygens (including phenoxy) is 4. The van der Waals surface area contributed by atoms with Gasteiger partial charge in [-0.05, 0) is 148 Å². The fraction of sp³-hybridized carbons (Fsp3) is 0.918. The maximum atomic E-state index is 15.0. The van der Waals surface area contributed by atoms with E-state index in [9.17, 15) is 24.6 Å². The molecule has 0 aromatic heterocycles. The summed E-state index contributed by atoms with van der Waals surface area (Å²) in [5.41, 5.74) is -7.17. The lowest BCUT2D eigenvalue weighted by Crippen LogP contribution is -2.67. The molecule has 10 saturated carbocycles. The molecule has 59 heavy (non-hydrogen) atoms. The Morgan fingerprint density at radius 1 is 0.695 bits per heavy atom. The van der Waals surface area contributed by atoms with Crippen molar-refractivity contribution in [3.05, 3.63) is 0 Å². The Balaban J connectivity index is 0.00000155. The molecule has 10 heteroatoms. The summed E-state index contributed by atoms with van der Waals surface area (Å²) in [6.45, 7) is 11.4. The van der Waals surface area contributed by atoms with Crippen LogP contribution in [-0.4, -0.2) is 68.7 Å². The van der Waals surface area contributed by atoms with Gasteiger partial charge in [0.25, 0.3) is 0 Å². The highest BCUT2D eigenvalue weighted by Gasteiger charge is 2.67. The van der Waals surface area contributed by atoms with Gasteiger partial charge in [0.1, 0.15) is 23.4 Å². The molecule has 0 aromatic rings. The van der Waals surface area contributed by atoms with Crippen LogP contribution in [0, 0.1) is 63.6 Å². The van der Waals surface area contributed by atoms with Crippen molar-refractivity contribution in [1.29, 1.82) is 0 Å². The summed E-state index contributed by atoms with van der Waals surface area (Å²) in [5, 5.41) is 22.8. The van der Waals surface area contributed by atoms with Crippen LogP contribution in [-0.2, 0) is 38.1 Å². The monoisotopic (exact) mass is 835 g/mol. The van der Waals surface area contributed by atoms with E-state index in [0.717, 1.165) is 32.1 Å². The number of hydrogen-bond acceptors (Lipinski definition) is 10. The molecule has 0 aromatic carbocycles. The molecular weight excluding hydrogens is 749 g/mol. The van der Waals surface area contributed by atoms with E-state index in [0.29, 0.717) is 75.0 Å². The third-order valence-electron chi connectivity index (χ3n) is 16.9. The first-order valence-corrected chi connectivity index (χ1v) is 21.0. The predicted octanol–water partition coefficient (Wildman–Crippen LogP) is 10.0. The first-order chi connectivity index (χ1) is 24.7. The number of fused-ring (bicyclic) bond motifs is 1. The Morgan fingerprint density at radius 2 is 1.25 bits per heavy atom. The number of rotatable bonds is 11. The Hall–Kier alpha value is -2.20. The molecule has 1 aliphatic heterocycles. The standard InChI is InChI=1S/C43H62O10.6CH4/c1-7-38(4,35(46)51-31-26-13-29-30(14-26)33(44)50-32(29)31)19-39(5,36(47)52-40(6)27-9-23-8-24(11-27)12-28(40)10-23)18-37(2,3)34(45)53-43-17-25-15-41(48,21-43)20-42(49,16-25)22-43;;;;;;/h23-32,48-49H,7-22H2,1-6H3;6*1H4. The molecule has 10 nitrogen and oxygen atoms in total. The highest BCUT2D eigenvalue weighted by Crippen LogP contribution is 2.63. The molecule has 1 heterocycles. The second-order valence-corrected chi connectivity index (χ2v) is 21.9. The van der Waals surface area contributed by atoms with Crippen molar-refractivity contribution in [1.82, 2.24) is 0 Å². The molecule has 0 amide bonds. The van der Waals surface area contributed by atoms with Gasteiger partial charge in [0.15, 0.2) is 0 Å². The van der Waals surface area contributed by atoms with Crippen LogP contribution in [0.3, 0.4) is 0 Å². The molecule has 0 spiro atoms. The SMILES string of the molecule is C.C.C.C.C.C.CCC(C)(CC(C)(CC(C)(C)C(=O)OC12CC3CC(O)(CC(O)(C3)C1)C2)C(=O)OC1(C)C2CC3CC(C2)CC1C3)C(=O)OC1C2CC3C(=O)OC1C3C2. The van der Waals surface area contributed by atoms with Crippen LogP contribution in [0.25, 0.3) is 0 Å². The van der Waals surface area contributed by atoms with Crippen molar-refractivity contribution in [2.75, 3.05) is 0 Å². The van der Waals surface area contributed by atoms with E-state index in [1.54, 1.807) is 13.8 Å². The Kier molecular flexibility index (Phi) is 14.0. The number of aliphatic hydroxyl groups is 2. The van der Waals surface area contributed by atoms with Crippen molar-refractivity contribution in [3.63, 3.8) is 0 Å². The van der Waals surface area contributed by atoms with Gasteiger partial charge in [0.05, 0.1) is 33.4 Å². The van der Waals surface area contributed by atoms with Crippen molar-refractivity contribution in [3.8, 4) is 0 Å². The van der Waals surface area contributed by atoms with Gasteiger partial charge < -0.3 is 29.2 Å². The van der Waals surface area contributed by atoms with Gasteiger partial charge in [0.2, 0.25) is 0 Å². The Bertz CT molecular complexity index is 1560. The maximum absolute atomic E-state index is 15.0. The molecule has 11 aliphatic rings. The molecule has 0 radical (unpaired) electrons. The molecule has 11 fully saturated rings. The van der Waals surface area contributed by atoms with Gasteiger partial charge >= 0.3 is 23.9 Å². The van der Waals surface area contributed by atoms with Crippen LogP contribution >= 0.6 is 0 Å². The Morgan fingerprint density at radius 3 is 1.78 bits per heavy atom. The van der Waals surface area contributed by atoms with Gasteiger partial charge in [0, 0.05) is 31.1 Å². The zero-order valence-electron chi connectivity index (χ0n) is 32.7. The van der Waals surface area contributed by atoms with Crippen LogP contribution in [0.1, 0.15) is 189 Å². The summed E-state index contributed by atoms with van der Waals surface area (Å²) in [4.78, 5) is 56.3. The lowest BCUT2D eigenvalue weighted by atomic mass is 9.50. The average molecular weight is 835 g/mol. The highest BCUT2D eigenvalue weighted by molar-refractivity contribution is 5.83. The summed E-state index contributed by atoms with van der Waals surface area (Å²) >= 11 is 0. The van der Waals surface area contributed by atoms with Gasteiger partial charge in [-0.25, -0.2) is 0 Å². The van der Waals surface area contributed by atoms with Crippen LogP contribution in [0.15, 0.2) is 0 Å². The van der Waals surface area contributed by atoms with E-state index in [1.807, 2.05) is 20.8 Å². The topological polar surface area (TPSA) is 146 Å². The quantitative estimate of drug-likeness (QED) is 0.152. The molecule has 9 atom stereocenters.